The Morgan fingerprint density at radius 3 is 3.05 bits per heavy atom. The number of hydrogen-bond acceptors (Lipinski definition) is 5. The molecule has 1 amide bonds. The average molecular weight is 298 g/mol. The van der Waals surface area contributed by atoms with Crippen LogP contribution in [0.4, 0.5) is 5.95 Å². The molecule has 6 nitrogen and oxygen atoms in total. The summed E-state index contributed by atoms with van der Waals surface area (Å²) >= 11 is 0. The first-order chi connectivity index (χ1) is 10.8. The van der Waals surface area contributed by atoms with Crippen LogP contribution in [-0.4, -0.2) is 23.0 Å². The summed E-state index contributed by atoms with van der Waals surface area (Å²) in [5.74, 6) is 0.535. The summed E-state index contributed by atoms with van der Waals surface area (Å²) < 4.78 is 5.02. The highest BCUT2D eigenvalue weighted by molar-refractivity contribution is 5.85. The number of carbonyl (C=O) groups excluding carboxylic acids is 1. The molecule has 114 valence electrons. The predicted molar refractivity (Wildman–Crippen MR) is 82.5 cm³/mol. The van der Waals surface area contributed by atoms with Crippen LogP contribution in [0, 0.1) is 0 Å². The van der Waals surface area contributed by atoms with Gasteiger partial charge < -0.3 is 4.74 Å². The molecule has 1 atom stereocenters. The van der Waals surface area contributed by atoms with E-state index in [1.807, 2.05) is 18.2 Å². The number of ether oxygens (including phenoxy) is 1. The van der Waals surface area contributed by atoms with E-state index in [0.29, 0.717) is 11.8 Å². The van der Waals surface area contributed by atoms with Gasteiger partial charge in [0.05, 0.1) is 13.0 Å². The molecule has 22 heavy (non-hydrogen) atoms. The summed E-state index contributed by atoms with van der Waals surface area (Å²) in [7, 11) is 1.53. The van der Waals surface area contributed by atoms with E-state index in [-0.39, 0.29) is 11.8 Å². The van der Waals surface area contributed by atoms with E-state index in [1.165, 1.54) is 12.7 Å². The molecular weight excluding hydrogens is 280 g/mol. The summed E-state index contributed by atoms with van der Waals surface area (Å²) in [6, 6.07) is 9.75. The van der Waals surface area contributed by atoms with Crippen LogP contribution in [0.5, 0.6) is 5.88 Å². The second-order valence-corrected chi connectivity index (χ2v) is 5.18. The average Bonchev–Trinajstić information content (AvgIpc) is 2.59. The van der Waals surface area contributed by atoms with E-state index in [4.69, 9.17) is 4.74 Å². The van der Waals surface area contributed by atoms with Gasteiger partial charge in [0.2, 0.25) is 17.7 Å². The Kier molecular flexibility index (Phi) is 4.18. The van der Waals surface area contributed by atoms with Gasteiger partial charge in [0.1, 0.15) is 0 Å². The van der Waals surface area contributed by atoms with Crippen LogP contribution in [0.25, 0.3) is 0 Å². The predicted octanol–water partition coefficient (Wildman–Crippen LogP) is 2.05. The van der Waals surface area contributed by atoms with Gasteiger partial charge in [-0.05, 0) is 30.4 Å². The summed E-state index contributed by atoms with van der Waals surface area (Å²) in [5, 5.41) is 0. The maximum atomic E-state index is 12.4. The van der Waals surface area contributed by atoms with Crippen molar-refractivity contribution >= 4 is 11.9 Å². The van der Waals surface area contributed by atoms with Gasteiger partial charge in [-0.25, -0.2) is 4.98 Å². The molecule has 1 aromatic heterocycles. The van der Waals surface area contributed by atoms with Crippen LogP contribution in [0.3, 0.4) is 0 Å². The second kappa shape index (κ2) is 6.43. The molecule has 0 spiro atoms. The Morgan fingerprint density at radius 1 is 1.32 bits per heavy atom. The van der Waals surface area contributed by atoms with Crippen molar-refractivity contribution in [3.8, 4) is 5.88 Å². The minimum Gasteiger partial charge on any atom is -0.481 e. The topological polar surface area (TPSA) is 76.1 Å². The van der Waals surface area contributed by atoms with Crippen LogP contribution in [-0.2, 0) is 11.2 Å². The highest BCUT2D eigenvalue weighted by atomic mass is 16.5. The molecule has 0 fully saturated rings. The molecule has 2 aromatic rings. The first-order valence-electron chi connectivity index (χ1n) is 7.28. The van der Waals surface area contributed by atoms with Crippen molar-refractivity contribution < 1.29 is 9.53 Å². The zero-order valence-electron chi connectivity index (χ0n) is 12.4. The van der Waals surface area contributed by atoms with E-state index in [2.05, 4.69) is 26.9 Å². The number of aromatic nitrogens is 2. The van der Waals surface area contributed by atoms with Crippen molar-refractivity contribution in [2.75, 3.05) is 12.5 Å². The van der Waals surface area contributed by atoms with Gasteiger partial charge in [0.15, 0.2) is 0 Å². The third kappa shape index (κ3) is 3.00. The lowest BCUT2D eigenvalue weighted by Crippen LogP contribution is -2.36. The Labute approximate surface area is 128 Å². The molecule has 0 aliphatic heterocycles. The smallest absolute Gasteiger partial charge is 0.245 e. The minimum atomic E-state index is -0.136. The number of benzene rings is 1. The van der Waals surface area contributed by atoms with Gasteiger partial charge in [-0.15, -0.1) is 0 Å². The van der Waals surface area contributed by atoms with Gasteiger partial charge in [-0.3, -0.25) is 15.6 Å². The van der Waals surface area contributed by atoms with E-state index >= 15 is 0 Å². The lowest BCUT2D eigenvalue weighted by molar-refractivity contribution is -0.122. The van der Waals surface area contributed by atoms with E-state index in [9.17, 15) is 4.79 Å². The molecule has 0 saturated carbocycles. The lowest BCUT2D eigenvalue weighted by atomic mass is 9.82. The standard InChI is InChI=1S/C16H18N4O2/c1-22-14-9-10-17-16(18-14)20-19-15(21)13-8-4-6-11-5-2-3-7-12(11)13/h2-3,5,7,9-10,13H,4,6,8H2,1H3,(H,19,21)(H,17,18,20). The number of fused-ring (bicyclic) bond motifs is 1. The molecule has 2 N–H and O–H groups in total. The Balaban J connectivity index is 1.68. The van der Waals surface area contributed by atoms with E-state index in [0.717, 1.165) is 24.8 Å². The van der Waals surface area contributed by atoms with Gasteiger partial charge in [0.25, 0.3) is 0 Å². The molecule has 6 heteroatoms. The van der Waals surface area contributed by atoms with Gasteiger partial charge in [0, 0.05) is 12.3 Å². The SMILES string of the molecule is COc1ccnc(NNC(=O)C2CCCc3ccccc32)n1. The fourth-order valence-electron chi connectivity index (χ4n) is 2.75. The van der Waals surface area contributed by atoms with Gasteiger partial charge in [-0.2, -0.15) is 4.98 Å². The molecule has 1 aliphatic carbocycles. The van der Waals surface area contributed by atoms with Crippen molar-refractivity contribution in [3.05, 3.63) is 47.7 Å². The Hall–Kier alpha value is -2.63. The molecular formula is C16H18N4O2. The van der Waals surface area contributed by atoms with E-state index in [1.54, 1.807) is 12.3 Å². The molecule has 1 aliphatic rings. The van der Waals surface area contributed by atoms with Crippen LogP contribution < -0.4 is 15.6 Å². The monoisotopic (exact) mass is 298 g/mol. The second-order valence-electron chi connectivity index (χ2n) is 5.18. The van der Waals surface area contributed by atoms with Gasteiger partial charge in [-0.1, -0.05) is 24.3 Å². The molecule has 0 saturated heterocycles. The number of carbonyl (C=O) groups is 1. The summed E-state index contributed by atoms with van der Waals surface area (Å²) in [6.07, 6.45) is 4.47. The third-order valence-corrected chi connectivity index (χ3v) is 3.82. The zero-order valence-corrected chi connectivity index (χ0v) is 12.4. The first kappa shape index (κ1) is 14.3. The van der Waals surface area contributed by atoms with Gasteiger partial charge >= 0.3 is 0 Å². The number of nitrogens with one attached hydrogen (secondary N) is 2. The van der Waals surface area contributed by atoms with Crippen molar-refractivity contribution in [2.45, 2.75) is 25.2 Å². The number of nitrogens with zero attached hydrogens (tertiary/aromatic N) is 2. The summed E-state index contributed by atoms with van der Waals surface area (Å²) in [5.41, 5.74) is 7.80. The first-order valence-corrected chi connectivity index (χ1v) is 7.28. The van der Waals surface area contributed by atoms with E-state index < -0.39 is 0 Å². The molecule has 3 rings (SSSR count). The van der Waals surface area contributed by atoms with Crippen molar-refractivity contribution in [1.82, 2.24) is 15.4 Å². The number of rotatable bonds is 4. The van der Waals surface area contributed by atoms with Crippen molar-refractivity contribution in [3.63, 3.8) is 0 Å². The highest BCUT2D eigenvalue weighted by Gasteiger charge is 2.26. The van der Waals surface area contributed by atoms with Crippen molar-refractivity contribution in [1.29, 1.82) is 0 Å². The maximum absolute atomic E-state index is 12.4. The summed E-state index contributed by atoms with van der Waals surface area (Å²) in [4.78, 5) is 20.6. The van der Waals surface area contributed by atoms with Crippen LogP contribution in [0.15, 0.2) is 36.5 Å². The summed E-state index contributed by atoms with van der Waals surface area (Å²) in [6.45, 7) is 0. The number of amides is 1. The quantitative estimate of drug-likeness (QED) is 0.845. The maximum Gasteiger partial charge on any atom is 0.245 e. The molecule has 0 bridgehead atoms. The minimum absolute atomic E-state index is 0.0708. The molecule has 0 radical (unpaired) electrons. The lowest BCUT2D eigenvalue weighted by Gasteiger charge is -2.24. The zero-order chi connectivity index (χ0) is 15.4. The third-order valence-electron chi connectivity index (χ3n) is 3.82. The number of aryl methyl sites for hydroxylation is 1. The number of hydrazine groups is 1. The Morgan fingerprint density at radius 2 is 2.18 bits per heavy atom. The largest absolute Gasteiger partial charge is 0.481 e. The number of methoxy groups -OCH3 is 1. The Bertz CT molecular complexity index is 675. The van der Waals surface area contributed by atoms with Crippen molar-refractivity contribution in [2.24, 2.45) is 0 Å². The normalized spacial score (nSPS) is 16.5. The molecule has 1 unspecified atom stereocenters. The fraction of sp³-hybridized carbons (Fsp3) is 0.312. The highest BCUT2D eigenvalue weighted by Crippen LogP contribution is 2.31. The molecule has 1 aromatic carbocycles. The van der Waals surface area contributed by atoms with Crippen LogP contribution in [0.1, 0.15) is 29.9 Å². The number of hydrogen-bond donors (Lipinski definition) is 2. The fourth-order valence-corrected chi connectivity index (χ4v) is 2.75. The molecule has 1 heterocycles. The van der Waals surface area contributed by atoms with Crippen LogP contribution in [0.2, 0.25) is 0 Å². The number of anilines is 1. The van der Waals surface area contributed by atoms with Crippen LogP contribution >= 0.6 is 0 Å².